The van der Waals surface area contributed by atoms with E-state index in [1.807, 2.05) is 28.9 Å². The second kappa shape index (κ2) is 10.1. The van der Waals surface area contributed by atoms with Gasteiger partial charge in [0.15, 0.2) is 11.8 Å². The van der Waals surface area contributed by atoms with Crippen LogP contribution in [-0.4, -0.2) is 80.5 Å². The third-order valence-corrected chi connectivity index (χ3v) is 6.90. The van der Waals surface area contributed by atoms with Crippen molar-refractivity contribution in [2.24, 2.45) is 0 Å². The third-order valence-electron chi connectivity index (χ3n) is 6.90. The number of nitrogen functional groups attached to an aromatic ring is 1. The van der Waals surface area contributed by atoms with E-state index in [1.165, 1.54) is 12.4 Å². The summed E-state index contributed by atoms with van der Waals surface area (Å²) in [4.78, 5) is 24.3. The van der Waals surface area contributed by atoms with E-state index >= 15 is 0 Å². The lowest BCUT2D eigenvalue weighted by Crippen LogP contribution is -2.48. The fourth-order valence-electron chi connectivity index (χ4n) is 5.01. The number of nitrogens with zero attached hydrogens (tertiary/aromatic N) is 6. The van der Waals surface area contributed by atoms with Gasteiger partial charge < -0.3 is 15.4 Å². The number of hydrogen-bond donors (Lipinski definition) is 1. The van der Waals surface area contributed by atoms with Crippen molar-refractivity contribution in [1.29, 1.82) is 0 Å². The molecule has 2 saturated heterocycles. The molecule has 3 aromatic rings. The maximum absolute atomic E-state index is 13.1. The van der Waals surface area contributed by atoms with Crippen molar-refractivity contribution in [3.05, 3.63) is 48.8 Å². The average molecular weight is 516 g/mol. The molecular weight excluding hydrogens is 487 g/mol. The van der Waals surface area contributed by atoms with Crippen LogP contribution in [0.15, 0.2) is 43.2 Å². The molecule has 2 atom stereocenters. The number of morpholine rings is 1. The van der Waals surface area contributed by atoms with Crippen LogP contribution >= 0.6 is 0 Å². The highest BCUT2D eigenvalue weighted by molar-refractivity contribution is 5.98. The first-order chi connectivity index (χ1) is 17.7. The topological polar surface area (TPSA) is 102 Å². The maximum Gasteiger partial charge on any atom is 0.415 e. The monoisotopic (exact) mass is 515 g/mol. The first kappa shape index (κ1) is 25.2. The molecular formula is C25H28F3N7O2. The van der Waals surface area contributed by atoms with Gasteiger partial charge in [0.2, 0.25) is 5.91 Å². The number of carbonyl (C=O) groups excluding carboxylic acids is 1. The molecule has 1 aromatic carbocycles. The summed E-state index contributed by atoms with van der Waals surface area (Å²) in [5.74, 6) is 0.185. The van der Waals surface area contributed by atoms with Crippen LogP contribution in [-0.2, 0) is 16.1 Å². The molecule has 2 aliphatic rings. The van der Waals surface area contributed by atoms with E-state index in [-0.39, 0.29) is 25.1 Å². The Morgan fingerprint density at radius 1 is 1.19 bits per heavy atom. The van der Waals surface area contributed by atoms with E-state index < -0.39 is 12.3 Å². The fourth-order valence-corrected chi connectivity index (χ4v) is 5.01. The molecule has 4 heterocycles. The highest BCUT2D eigenvalue weighted by atomic mass is 19.4. The number of anilines is 1. The van der Waals surface area contributed by atoms with Gasteiger partial charge in [-0.1, -0.05) is 30.8 Å². The van der Waals surface area contributed by atoms with Crippen molar-refractivity contribution < 1.29 is 22.7 Å². The third kappa shape index (κ3) is 5.16. The molecule has 0 radical (unpaired) electrons. The van der Waals surface area contributed by atoms with Gasteiger partial charge in [-0.3, -0.25) is 9.69 Å². The van der Waals surface area contributed by atoms with E-state index in [2.05, 4.69) is 16.5 Å². The second-order valence-corrected chi connectivity index (χ2v) is 9.37. The summed E-state index contributed by atoms with van der Waals surface area (Å²) in [5, 5.41) is 5.49. The molecule has 0 bridgehead atoms. The minimum absolute atomic E-state index is 0.0436. The number of aromatic nitrogens is 4. The van der Waals surface area contributed by atoms with E-state index in [0.29, 0.717) is 48.7 Å². The van der Waals surface area contributed by atoms with Crippen molar-refractivity contribution in [3.8, 4) is 11.3 Å². The predicted molar refractivity (Wildman–Crippen MR) is 131 cm³/mol. The zero-order chi connectivity index (χ0) is 26.2. The van der Waals surface area contributed by atoms with Crippen LogP contribution in [0.3, 0.4) is 0 Å². The molecule has 2 fully saturated rings. The summed E-state index contributed by atoms with van der Waals surface area (Å²) in [6.07, 6.45) is -1.77. The number of alkyl halides is 3. The standard InChI is InChI=1S/C25H28F3N7O2/c1-2-20(36)34-9-3-4-18(13-34)35-24-21(23(29)30-15-31-24)22(32-35)17-7-5-16(6-8-17)12-33-10-11-37-19(14-33)25(26,27)28/h2,5-8,15,18-19H,1,3-4,9-14H2,(H2,29,30,31). The van der Waals surface area contributed by atoms with Crippen molar-refractivity contribution in [2.75, 3.05) is 38.5 Å². The van der Waals surface area contributed by atoms with E-state index in [9.17, 15) is 18.0 Å². The lowest BCUT2D eigenvalue weighted by Gasteiger charge is -2.33. The number of ether oxygens (including phenoxy) is 1. The number of amides is 1. The van der Waals surface area contributed by atoms with Gasteiger partial charge >= 0.3 is 6.18 Å². The average Bonchev–Trinajstić information content (AvgIpc) is 3.29. The number of nitrogens with two attached hydrogens (primary N) is 1. The van der Waals surface area contributed by atoms with E-state index in [1.54, 1.807) is 9.80 Å². The van der Waals surface area contributed by atoms with Crippen LogP contribution in [0, 0.1) is 0 Å². The molecule has 9 nitrogen and oxygen atoms in total. The Morgan fingerprint density at radius 2 is 1.97 bits per heavy atom. The Morgan fingerprint density at radius 3 is 2.70 bits per heavy atom. The zero-order valence-corrected chi connectivity index (χ0v) is 20.2. The first-order valence-corrected chi connectivity index (χ1v) is 12.1. The Hall–Kier alpha value is -3.51. The lowest BCUT2D eigenvalue weighted by molar-refractivity contribution is -0.237. The normalized spacial score (nSPS) is 21.3. The van der Waals surface area contributed by atoms with Crippen LogP contribution < -0.4 is 5.73 Å². The molecule has 2 unspecified atom stereocenters. The number of halogens is 3. The quantitative estimate of drug-likeness (QED) is 0.521. The van der Waals surface area contributed by atoms with Gasteiger partial charge in [-0.05, 0) is 24.5 Å². The summed E-state index contributed by atoms with van der Waals surface area (Å²) >= 11 is 0. The number of likely N-dealkylation sites (tertiary alicyclic amines) is 1. The minimum atomic E-state index is -4.38. The van der Waals surface area contributed by atoms with Crippen molar-refractivity contribution >= 4 is 22.8 Å². The fraction of sp³-hybridized carbons (Fsp3) is 0.440. The van der Waals surface area contributed by atoms with Gasteiger partial charge in [-0.25, -0.2) is 14.6 Å². The SMILES string of the molecule is C=CC(=O)N1CCCC(n2nc(-c3ccc(CN4CCOC(C(F)(F)F)C4)cc3)c3c(N)ncnc32)C1. The Labute approximate surface area is 211 Å². The number of benzene rings is 1. The zero-order valence-electron chi connectivity index (χ0n) is 20.2. The first-order valence-electron chi connectivity index (χ1n) is 12.1. The van der Waals surface area contributed by atoms with Crippen LogP contribution in [0.4, 0.5) is 19.0 Å². The molecule has 196 valence electrons. The molecule has 2 aromatic heterocycles. The van der Waals surface area contributed by atoms with Crippen LogP contribution in [0.1, 0.15) is 24.4 Å². The Bertz CT molecular complexity index is 1290. The molecule has 1 amide bonds. The predicted octanol–water partition coefficient (Wildman–Crippen LogP) is 3.19. The molecule has 0 saturated carbocycles. The molecule has 5 rings (SSSR count). The summed E-state index contributed by atoms with van der Waals surface area (Å²) in [5.41, 5.74) is 9.13. The second-order valence-electron chi connectivity index (χ2n) is 9.37. The summed E-state index contributed by atoms with van der Waals surface area (Å²) in [7, 11) is 0. The van der Waals surface area contributed by atoms with E-state index in [4.69, 9.17) is 15.6 Å². The molecule has 37 heavy (non-hydrogen) atoms. The molecule has 2 N–H and O–H groups in total. The highest BCUT2D eigenvalue weighted by Crippen LogP contribution is 2.34. The van der Waals surface area contributed by atoms with Gasteiger partial charge in [-0.2, -0.15) is 18.3 Å². The van der Waals surface area contributed by atoms with Gasteiger partial charge in [0.05, 0.1) is 18.0 Å². The minimum Gasteiger partial charge on any atom is -0.383 e. The molecule has 0 aliphatic carbocycles. The number of rotatable bonds is 5. The highest BCUT2D eigenvalue weighted by Gasteiger charge is 2.43. The number of piperidine rings is 1. The van der Waals surface area contributed by atoms with Gasteiger partial charge in [0, 0.05) is 38.3 Å². The van der Waals surface area contributed by atoms with Crippen molar-refractivity contribution in [3.63, 3.8) is 0 Å². The van der Waals surface area contributed by atoms with Crippen molar-refractivity contribution in [1.82, 2.24) is 29.5 Å². The van der Waals surface area contributed by atoms with Gasteiger partial charge in [0.25, 0.3) is 0 Å². The van der Waals surface area contributed by atoms with Crippen LogP contribution in [0.2, 0.25) is 0 Å². The summed E-state index contributed by atoms with van der Waals surface area (Å²) in [6.45, 7) is 5.41. The number of fused-ring (bicyclic) bond motifs is 1. The summed E-state index contributed by atoms with van der Waals surface area (Å²) in [6, 6.07) is 7.44. The van der Waals surface area contributed by atoms with Gasteiger partial charge in [0.1, 0.15) is 17.8 Å². The number of hydrogen-bond acceptors (Lipinski definition) is 7. The number of carbonyl (C=O) groups is 1. The largest absolute Gasteiger partial charge is 0.415 e. The van der Waals surface area contributed by atoms with Gasteiger partial charge in [-0.15, -0.1) is 0 Å². The van der Waals surface area contributed by atoms with E-state index in [0.717, 1.165) is 24.0 Å². The van der Waals surface area contributed by atoms with Crippen molar-refractivity contribution in [2.45, 2.75) is 37.7 Å². The summed E-state index contributed by atoms with van der Waals surface area (Å²) < 4.78 is 45.9. The smallest absolute Gasteiger partial charge is 0.383 e. The molecule has 2 aliphatic heterocycles. The Balaban J connectivity index is 1.40. The lowest BCUT2D eigenvalue weighted by atomic mass is 10.1. The molecule has 0 spiro atoms. The Kier molecular flexibility index (Phi) is 6.86. The van der Waals surface area contributed by atoms with Crippen LogP contribution in [0.5, 0.6) is 0 Å². The maximum atomic E-state index is 13.1. The van der Waals surface area contributed by atoms with Crippen LogP contribution in [0.25, 0.3) is 22.3 Å². The molecule has 12 heteroatoms.